The van der Waals surface area contributed by atoms with Crippen LogP contribution in [0.5, 0.6) is 11.5 Å². The predicted molar refractivity (Wildman–Crippen MR) is 124 cm³/mol. The second-order valence-corrected chi connectivity index (χ2v) is 9.55. The zero-order valence-electron chi connectivity index (χ0n) is 18.6. The fourth-order valence-electron chi connectivity index (χ4n) is 3.42. The van der Waals surface area contributed by atoms with Crippen LogP contribution in [0.3, 0.4) is 0 Å². The normalized spacial score (nSPS) is 13.3. The van der Waals surface area contributed by atoms with Crippen LogP contribution in [0.2, 0.25) is 5.02 Å². The molecule has 1 amide bonds. The van der Waals surface area contributed by atoms with Crippen LogP contribution in [0, 0.1) is 6.92 Å². The van der Waals surface area contributed by atoms with Crippen LogP contribution in [0.1, 0.15) is 37.4 Å². The molecule has 2 aromatic rings. The van der Waals surface area contributed by atoms with Gasteiger partial charge in [0.05, 0.1) is 32.2 Å². The lowest BCUT2D eigenvalue weighted by atomic mass is 10.1. The van der Waals surface area contributed by atoms with Crippen molar-refractivity contribution in [1.29, 1.82) is 0 Å². The second-order valence-electron chi connectivity index (χ2n) is 7.25. The number of amides is 1. The summed E-state index contributed by atoms with van der Waals surface area (Å²) in [7, 11) is -0.670. The van der Waals surface area contributed by atoms with Crippen molar-refractivity contribution in [3.05, 3.63) is 52.5 Å². The molecule has 1 N–H and O–H groups in total. The van der Waals surface area contributed by atoms with Crippen LogP contribution in [0.15, 0.2) is 36.4 Å². The van der Waals surface area contributed by atoms with Gasteiger partial charge in [0.15, 0.2) is 0 Å². The Hall–Kier alpha value is -2.45. The van der Waals surface area contributed by atoms with Crippen molar-refractivity contribution >= 4 is 33.2 Å². The topological polar surface area (TPSA) is 84.9 Å². The predicted octanol–water partition coefficient (Wildman–Crippen LogP) is 4.09. The molecule has 0 heterocycles. The quantitative estimate of drug-likeness (QED) is 0.599. The van der Waals surface area contributed by atoms with Gasteiger partial charge in [0.2, 0.25) is 15.9 Å². The molecule has 0 fully saturated rings. The van der Waals surface area contributed by atoms with E-state index in [-0.39, 0.29) is 6.42 Å². The van der Waals surface area contributed by atoms with Crippen molar-refractivity contribution in [2.75, 3.05) is 24.8 Å². The van der Waals surface area contributed by atoms with E-state index in [1.807, 2.05) is 0 Å². The molecule has 170 valence electrons. The smallest absolute Gasteiger partial charge is 0.244 e. The Bertz CT molecular complexity index is 1040. The highest BCUT2D eigenvalue weighted by Gasteiger charge is 2.33. The number of carbonyl (C=O) groups excluding carboxylic acids is 1. The van der Waals surface area contributed by atoms with Crippen LogP contribution in [-0.4, -0.2) is 40.8 Å². The number of nitrogens with one attached hydrogen (secondary N) is 1. The number of sulfonamides is 1. The van der Waals surface area contributed by atoms with E-state index in [0.717, 1.165) is 16.1 Å². The summed E-state index contributed by atoms with van der Waals surface area (Å²) in [6, 6.07) is 8.86. The molecule has 7 nitrogen and oxygen atoms in total. The lowest BCUT2D eigenvalue weighted by Gasteiger charge is -2.32. The fraction of sp³-hybridized carbons (Fsp3) is 0.409. The number of ether oxygens (including phenoxy) is 2. The number of carbonyl (C=O) groups is 1. The standard InChI is InChI=1S/C22H29ClN2O5S/c1-7-19(25(31(6,27)28)20-12-16(23)9-8-14(20)2)22(26)24-15(3)18-13-17(29-4)10-11-21(18)30-5/h8-13,15,19H,7H2,1-6H3,(H,24,26)/t15-,19+/m1/s1. The third-order valence-electron chi connectivity index (χ3n) is 5.00. The first kappa shape index (κ1) is 24.8. The first-order chi connectivity index (χ1) is 14.5. The van der Waals surface area contributed by atoms with Gasteiger partial charge in [0.25, 0.3) is 0 Å². The number of benzene rings is 2. The highest BCUT2D eigenvalue weighted by Crippen LogP contribution is 2.31. The first-order valence-corrected chi connectivity index (χ1v) is 12.0. The Kier molecular flexibility index (Phi) is 8.20. The molecule has 0 aliphatic heterocycles. The molecule has 0 aromatic heterocycles. The largest absolute Gasteiger partial charge is 0.497 e. The molecule has 0 radical (unpaired) electrons. The first-order valence-electron chi connectivity index (χ1n) is 9.81. The summed E-state index contributed by atoms with van der Waals surface area (Å²) in [6.45, 7) is 5.34. The van der Waals surface area contributed by atoms with Gasteiger partial charge in [-0.1, -0.05) is 24.6 Å². The summed E-state index contributed by atoms with van der Waals surface area (Å²) in [5.74, 6) is 0.785. The minimum atomic E-state index is -3.77. The van der Waals surface area contributed by atoms with Crippen molar-refractivity contribution in [1.82, 2.24) is 5.32 Å². The van der Waals surface area contributed by atoms with E-state index in [4.69, 9.17) is 21.1 Å². The summed E-state index contributed by atoms with van der Waals surface area (Å²) >= 11 is 6.12. The van der Waals surface area contributed by atoms with Crippen molar-refractivity contribution in [3.63, 3.8) is 0 Å². The van der Waals surface area contributed by atoms with E-state index >= 15 is 0 Å². The summed E-state index contributed by atoms with van der Waals surface area (Å²) in [4.78, 5) is 13.2. The number of rotatable bonds is 9. The molecule has 2 rings (SSSR count). The Morgan fingerprint density at radius 3 is 2.39 bits per heavy atom. The van der Waals surface area contributed by atoms with Gasteiger partial charge in [-0.3, -0.25) is 9.10 Å². The number of anilines is 1. The molecule has 0 aliphatic rings. The monoisotopic (exact) mass is 468 g/mol. The Morgan fingerprint density at radius 2 is 1.84 bits per heavy atom. The number of aryl methyl sites for hydroxylation is 1. The number of hydrogen-bond acceptors (Lipinski definition) is 5. The molecular weight excluding hydrogens is 440 g/mol. The van der Waals surface area contributed by atoms with E-state index in [0.29, 0.717) is 27.8 Å². The van der Waals surface area contributed by atoms with Gasteiger partial charge in [-0.15, -0.1) is 0 Å². The highest BCUT2D eigenvalue weighted by atomic mass is 35.5. The van der Waals surface area contributed by atoms with E-state index < -0.39 is 28.0 Å². The number of hydrogen-bond donors (Lipinski definition) is 1. The summed E-state index contributed by atoms with van der Waals surface area (Å²) in [5, 5.41) is 3.30. The lowest BCUT2D eigenvalue weighted by Crippen LogP contribution is -2.50. The maximum Gasteiger partial charge on any atom is 0.244 e. The molecule has 2 atom stereocenters. The van der Waals surface area contributed by atoms with Gasteiger partial charge in [-0.2, -0.15) is 0 Å². The molecule has 2 aromatic carbocycles. The Morgan fingerprint density at radius 1 is 1.16 bits per heavy atom. The Balaban J connectivity index is 2.42. The minimum absolute atomic E-state index is 0.271. The average molecular weight is 469 g/mol. The van der Waals surface area contributed by atoms with Crippen molar-refractivity contribution < 1.29 is 22.7 Å². The maximum atomic E-state index is 13.2. The highest BCUT2D eigenvalue weighted by molar-refractivity contribution is 7.92. The molecule has 0 saturated carbocycles. The molecule has 0 aliphatic carbocycles. The summed E-state index contributed by atoms with van der Waals surface area (Å²) in [5.41, 5.74) is 1.79. The van der Waals surface area contributed by atoms with Gasteiger partial charge in [0.1, 0.15) is 17.5 Å². The van der Waals surface area contributed by atoms with Gasteiger partial charge in [-0.25, -0.2) is 8.42 Å². The van der Waals surface area contributed by atoms with Gasteiger partial charge >= 0.3 is 0 Å². The van der Waals surface area contributed by atoms with E-state index in [9.17, 15) is 13.2 Å². The fourth-order valence-corrected chi connectivity index (χ4v) is 4.85. The van der Waals surface area contributed by atoms with E-state index in [1.54, 1.807) is 71.4 Å². The lowest BCUT2D eigenvalue weighted by molar-refractivity contribution is -0.122. The van der Waals surface area contributed by atoms with Crippen LogP contribution in [-0.2, 0) is 14.8 Å². The molecule has 9 heteroatoms. The average Bonchev–Trinajstić information content (AvgIpc) is 2.72. The van der Waals surface area contributed by atoms with Gasteiger partial charge in [-0.05, 0) is 56.2 Å². The molecule has 0 saturated heterocycles. The molecule has 31 heavy (non-hydrogen) atoms. The van der Waals surface area contributed by atoms with Gasteiger partial charge in [0, 0.05) is 10.6 Å². The van der Waals surface area contributed by atoms with Crippen LogP contribution >= 0.6 is 11.6 Å². The van der Waals surface area contributed by atoms with Crippen molar-refractivity contribution in [2.45, 2.75) is 39.3 Å². The van der Waals surface area contributed by atoms with Crippen LogP contribution in [0.4, 0.5) is 5.69 Å². The van der Waals surface area contributed by atoms with Crippen LogP contribution < -0.4 is 19.1 Å². The van der Waals surface area contributed by atoms with Gasteiger partial charge < -0.3 is 14.8 Å². The summed E-state index contributed by atoms with van der Waals surface area (Å²) < 4.78 is 37.2. The van der Waals surface area contributed by atoms with Crippen molar-refractivity contribution in [2.24, 2.45) is 0 Å². The molecule has 0 unspecified atom stereocenters. The number of halogens is 1. The zero-order chi connectivity index (χ0) is 23.3. The third-order valence-corrected chi connectivity index (χ3v) is 6.40. The minimum Gasteiger partial charge on any atom is -0.497 e. The maximum absolute atomic E-state index is 13.2. The molecule has 0 bridgehead atoms. The van der Waals surface area contributed by atoms with Crippen LogP contribution in [0.25, 0.3) is 0 Å². The molecule has 0 spiro atoms. The Labute approximate surface area is 189 Å². The molecular formula is C22H29ClN2O5S. The van der Waals surface area contributed by atoms with E-state index in [2.05, 4.69) is 5.32 Å². The SMILES string of the molecule is CC[C@@H](C(=O)N[C@H](C)c1cc(OC)ccc1OC)N(c1cc(Cl)ccc1C)S(C)(=O)=O. The number of nitrogens with zero attached hydrogens (tertiary/aromatic N) is 1. The number of methoxy groups -OCH3 is 2. The third kappa shape index (κ3) is 5.83. The second kappa shape index (κ2) is 10.2. The van der Waals surface area contributed by atoms with E-state index in [1.165, 1.54) is 0 Å². The summed E-state index contributed by atoms with van der Waals surface area (Å²) in [6.07, 6.45) is 1.35. The zero-order valence-corrected chi connectivity index (χ0v) is 20.2. The van der Waals surface area contributed by atoms with Crippen molar-refractivity contribution in [3.8, 4) is 11.5 Å².